The highest BCUT2D eigenvalue weighted by Crippen LogP contribution is 2.50. The van der Waals surface area contributed by atoms with E-state index < -0.39 is 35.1 Å². The number of fused-ring (bicyclic) bond motifs is 1. The molecule has 2 unspecified atom stereocenters. The summed E-state index contributed by atoms with van der Waals surface area (Å²) in [6.07, 6.45) is -6.57. The van der Waals surface area contributed by atoms with E-state index in [2.05, 4.69) is 4.74 Å². The number of halogens is 4. The molecule has 0 spiro atoms. The molecule has 0 aliphatic rings. The van der Waals surface area contributed by atoms with E-state index in [4.69, 9.17) is 16.7 Å². The second kappa shape index (κ2) is 9.28. The van der Waals surface area contributed by atoms with Crippen LogP contribution >= 0.6 is 11.6 Å². The number of carboxylic acid groups (broad SMARTS) is 1. The number of aromatic nitrogens is 2. The van der Waals surface area contributed by atoms with E-state index in [-0.39, 0.29) is 21.9 Å². The van der Waals surface area contributed by atoms with Crippen molar-refractivity contribution in [2.75, 3.05) is 0 Å². The highest BCUT2D eigenvalue weighted by atomic mass is 35.5. The molecule has 7 nitrogen and oxygen atoms in total. The number of carbonyl (C=O) groups is 1. The van der Waals surface area contributed by atoms with Crippen LogP contribution in [0.1, 0.15) is 24.0 Å². The van der Waals surface area contributed by atoms with Crippen LogP contribution in [-0.4, -0.2) is 31.7 Å². The predicted molar refractivity (Wildman–Crippen MR) is 132 cm³/mol. The number of imidazole rings is 1. The molecule has 3 aromatic carbocycles. The third kappa shape index (κ3) is 4.47. The van der Waals surface area contributed by atoms with Gasteiger partial charge >= 0.3 is 18.0 Å². The van der Waals surface area contributed by atoms with Crippen LogP contribution in [0.15, 0.2) is 65.5 Å². The van der Waals surface area contributed by atoms with Gasteiger partial charge in [-0.05, 0) is 52.6 Å². The van der Waals surface area contributed by atoms with E-state index >= 15 is 0 Å². The van der Waals surface area contributed by atoms with Crippen LogP contribution in [0.4, 0.5) is 18.0 Å². The number of benzene rings is 3. The quantitative estimate of drug-likeness (QED) is 0.249. The molecule has 2 atom stereocenters. The monoisotopic (exact) mass is 534 g/mol. The lowest BCUT2D eigenvalue weighted by molar-refractivity contribution is -0.274. The van der Waals surface area contributed by atoms with Crippen LogP contribution in [-0.2, 0) is 19.7 Å². The Labute approximate surface area is 213 Å². The van der Waals surface area contributed by atoms with E-state index in [0.717, 1.165) is 12.1 Å². The number of aryl methyl sites for hydroxylation is 2. The number of hydrogen-bond donors (Lipinski definition) is 2. The standard InChI is InChI=1S/C26H22ClF3N2O5/c1-14(19-9-7-16(12-20(19)27)15-5-4-6-18(11-15)37-24(34)35)25(36,26(28,29)30)17-8-10-21-22(13-17)32(3)23(33)31(21)2/h4-14,36H,1-3H3,(H,34,35). The van der Waals surface area contributed by atoms with Crippen LogP contribution in [0.3, 0.4) is 0 Å². The Kier molecular flexibility index (Phi) is 6.60. The first-order valence-corrected chi connectivity index (χ1v) is 11.4. The zero-order valence-corrected chi connectivity index (χ0v) is 20.6. The summed E-state index contributed by atoms with van der Waals surface area (Å²) >= 11 is 6.43. The van der Waals surface area contributed by atoms with Crippen molar-refractivity contribution in [2.24, 2.45) is 14.1 Å². The van der Waals surface area contributed by atoms with Crippen molar-refractivity contribution in [3.63, 3.8) is 0 Å². The van der Waals surface area contributed by atoms with Crippen LogP contribution in [0.25, 0.3) is 22.2 Å². The largest absolute Gasteiger partial charge is 0.511 e. The van der Waals surface area contributed by atoms with E-state index in [1.807, 2.05) is 0 Å². The van der Waals surface area contributed by atoms with Crippen molar-refractivity contribution in [3.8, 4) is 16.9 Å². The summed E-state index contributed by atoms with van der Waals surface area (Å²) in [7, 11) is 2.95. The number of nitrogens with zero attached hydrogens (tertiary/aromatic N) is 2. The topological polar surface area (TPSA) is 93.7 Å². The minimum Gasteiger partial charge on any atom is -0.449 e. The van der Waals surface area contributed by atoms with Gasteiger partial charge in [-0.15, -0.1) is 0 Å². The summed E-state index contributed by atoms with van der Waals surface area (Å²) in [5.74, 6) is -1.47. The molecule has 1 heterocycles. The lowest BCUT2D eigenvalue weighted by atomic mass is 9.77. The molecule has 0 aliphatic carbocycles. The van der Waals surface area contributed by atoms with Crippen LogP contribution in [0.2, 0.25) is 5.02 Å². The highest BCUT2D eigenvalue weighted by Gasteiger charge is 2.59. The Balaban J connectivity index is 1.79. The zero-order chi connectivity index (χ0) is 27.3. The second-order valence-electron chi connectivity index (χ2n) is 8.72. The maximum absolute atomic E-state index is 14.5. The van der Waals surface area contributed by atoms with Crippen molar-refractivity contribution in [1.82, 2.24) is 9.13 Å². The van der Waals surface area contributed by atoms with E-state index in [1.165, 1.54) is 66.6 Å². The van der Waals surface area contributed by atoms with Gasteiger partial charge in [0.15, 0.2) is 5.60 Å². The van der Waals surface area contributed by atoms with Gasteiger partial charge in [0.2, 0.25) is 0 Å². The molecule has 0 saturated carbocycles. The first-order chi connectivity index (χ1) is 17.3. The summed E-state index contributed by atoms with van der Waals surface area (Å²) in [6, 6.07) is 14.2. The Hall–Kier alpha value is -3.76. The van der Waals surface area contributed by atoms with Crippen molar-refractivity contribution in [2.45, 2.75) is 24.6 Å². The molecule has 1 aromatic heterocycles. The van der Waals surface area contributed by atoms with Gasteiger partial charge in [-0.2, -0.15) is 13.2 Å². The molecule has 0 saturated heterocycles. The van der Waals surface area contributed by atoms with Crippen molar-refractivity contribution in [1.29, 1.82) is 0 Å². The molecule has 4 aromatic rings. The molecular weight excluding hydrogens is 513 g/mol. The summed E-state index contributed by atoms with van der Waals surface area (Å²) < 4.78 is 50.7. The second-order valence-corrected chi connectivity index (χ2v) is 9.13. The fraction of sp³-hybridized carbons (Fsp3) is 0.231. The van der Waals surface area contributed by atoms with Gasteiger partial charge in [-0.3, -0.25) is 9.13 Å². The Bertz CT molecular complexity index is 1580. The fourth-order valence-corrected chi connectivity index (χ4v) is 4.87. The van der Waals surface area contributed by atoms with Gasteiger partial charge in [0, 0.05) is 25.0 Å². The minimum atomic E-state index is -5.09. The summed E-state index contributed by atoms with van der Waals surface area (Å²) in [6.45, 7) is 1.23. The number of alkyl halides is 3. The summed E-state index contributed by atoms with van der Waals surface area (Å²) in [5.41, 5.74) is -2.42. The van der Waals surface area contributed by atoms with Crippen molar-refractivity contribution < 1.29 is 32.9 Å². The van der Waals surface area contributed by atoms with E-state index in [9.17, 15) is 27.9 Å². The molecule has 11 heteroatoms. The average Bonchev–Trinajstić information content (AvgIpc) is 3.05. The average molecular weight is 535 g/mol. The van der Waals surface area contributed by atoms with Crippen molar-refractivity contribution in [3.05, 3.63) is 87.3 Å². The predicted octanol–water partition coefficient (Wildman–Crippen LogP) is 5.81. The number of hydrogen-bond acceptors (Lipinski definition) is 4. The van der Waals surface area contributed by atoms with Gasteiger partial charge < -0.3 is 14.9 Å². The smallest absolute Gasteiger partial charge is 0.449 e. The lowest BCUT2D eigenvalue weighted by Crippen LogP contribution is -2.46. The molecular formula is C26H22ClF3N2O5. The lowest BCUT2D eigenvalue weighted by Gasteiger charge is -2.37. The normalized spacial score (nSPS) is 14.4. The third-order valence-corrected chi connectivity index (χ3v) is 6.94. The minimum absolute atomic E-state index is 0.0228. The maximum atomic E-state index is 14.5. The van der Waals surface area contributed by atoms with Gasteiger partial charge in [0.05, 0.1) is 11.0 Å². The van der Waals surface area contributed by atoms with Gasteiger partial charge in [-0.25, -0.2) is 9.59 Å². The van der Waals surface area contributed by atoms with Crippen molar-refractivity contribution >= 4 is 28.8 Å². The molecule has 2 N–H and O–H groups in total. The van der Waals surface area contributed by atoms with E-state index in [0.29, 0.717) is 16.6 Å². The molecule has 0 radical (unpaired) electrons. The maximum Gasteiger partial charge on any atom is 0.511 e. The molecule has 0 amide bonds. The Morgan fingerprint density at radius 3 is 2.24 bits per heavy atom. The van der Waals surface area contributed by atoms with E-state index in [1.54, 1.807) is 12.1 Å². The molecule has 0 aliphatic heterocycles. The molecule has 4 rings (SSSR count). The zero-order valence-electron chi connectivity index (χ0n) is 19.9. The number of aliphatic hydroxyl groups is 1. The highest BCUT2D eigenvalue weighted by molar-refractivity contribution is 6.31. The fourth-order valence-electron chi connectivity index (χ4n) is 4.53. The third-order valence-electron chi connectivity index (χ3n) is 6.61. The summed E-state index contributed by atoms with van der Waals surface area (Å²) in [5, 5.41) is 20.0. The number of ether oxygens (including phenoxy) is 1. The molecule has 194 valence electrons. The van der Waals surface area contributed by atoms with Gasteiger partial charge in [0.25, 0.3) is 0 Å². The molecule has 37 heavy (non-hydrogen) atoms. The van der Waals surface area contributed by atoms with Gasteiger partial charge in [-0.1, -0.05) is 48.9 Å². The SMILES string of the molecule is CC(c1ccc(-c2cccc(OC(=O)O)c2)cc1Cl)C(O)(c1ccc2c(c1)n(C)c(=O)n2C)C(F)(F)F. The van der Waals surface area contributed by atoms with Crippen LogP contribution < -0.4 is 10.4 Å². The molecule has 0 bridgehead atoms. The van der Waals surface area contributed by atoms with Crippen LogP contribution in [0.5, 0.6) is 5.75 Å². The Morgan fingerprint density at radius 2 is 1.62 bits per heavy atom. The molecule has 0 fully saturated rings. The van der Waals surface area contributed by atoms with Gasteiger partial charge in [0.1, 0.15) is 5.75 Å². The first kappa shape index (κ1) is 26.3. The Morgan fingerprint density at radius 1 is 0.973 bits per heavy atom. The first-order valence-electron chi connectivity index (χ1n) is 11.0. The summed E-state index contributed by atoms with van der Waals surface area (Å²) in [4.78, 5) is 23.1. The number of rotatable bonds is 5. The van der Waals surface area contributed by atoms with Crippen LogP contribution in [0, 0.1) is 0 Å².